The lowest BCUT2D eigenvalue weighted by atomic mass is 10.2. The first-order chi connectivity index (χ1) is 11.5. The van der Waals surface area contributed by atoms with E-state index in [4.69, 9.17) is 0 Å². The molecule has 0 unspecified atom stereocenters. The van der Waals surface area contributed by atoms with Crippen LogP contribution in [-0.2, 0) is 6.67 Å². The Hall–Kier alpha value is -3.01. The number of non-ortho nitro benzene ring substituents is 1. The molecule has 1 aliphatic rings. The van der Waals surface area contributed by atoms with E-state index in [2.05, 4.69) is 14.9 Å². The zero-order valence-corrected chi connectivity index (χ0v) is 12.8. The summed E-state index contributed by atoms with van der Waals surface area (Å²) < 4.78 is 1.56. The monoisotopic (exact) mass is 332 g/mol. The molecule has 2 aromatic rings. The molecule has 10 nitrogen and oxygen atoms in total. The second-order valence-corrected chi connectivity index (χ2v) is 5.52. The van der Waals surface area contributed by atoms with Crippen LogP contribution < -0.4 is 4.90 Å². The third-order valence-corrected chi connectivity index (χ3v) is 3.97. The van der Waals surface area contributed by atoms with Gasteiger partial charge in [-0.05, 0) is 12.1 Å². The number of aromatic nitrogens is 2. The van der Waals surface area contributed by atoms with Crippen LogP contribution in [-0.4, -0.2) is 50.7 Å². The highest BCUT2D eigenvalue weighted by Gasteiger charge is 2.19. The van der Waals surface area contributed by atoms with E-state index in [1.807, 2.05) is 0 Å². The highest BCUT2D eigenvalue weighted by Crippen LogP contribution is 2.20. The van der Waals surface area contributed by atoms with Crippen LogP contribution in [0.1, 0.15) is 0 Å². The molecule has 126 valence electrons. The maximum atomic E-state index is 10.7. The minimum absolute atomic E-state index is 0.0143. The normalized spacial score (nSPS) is 15.4. The van der Waals surface area contributed by atoms with E-state index in [1.165, 1.54) is 24.5 Å². The molecule has 1 aromatic carbocycles. The van der Waals surface area contributed by atoms with Crippen molar-refractivity contribution >= 4 is 17.1 Å². The summed E-state index contributed by atoms with van der Waals surface area (Å²) in [7, 11) is 0. The zero-order valence-electron chi connectivity index (χ0n) is 12.8. The Morgan fingerprint density at radius 2 is 1.58 bits per heavy atom. The summed E-state index contributed by atoms with van der Waals surface area (Å²) in [5.74, 6) is 0. The maximum absolute atomic E-state index is 10.7. The molecular weight excluding hydrogens is 316 g/mol. The van der Waals surface area contributed by atoms with Gasteiger partial charge in [0.1, 0.15) is 12.4 Å². The molecule has 3 rings (SSSR count). The molecule has 1 aromatic heterocycles. The third kappa shape index (κ3) is 3.49. The zero-order chi connectivity index (χ0) is 17.1. The third-order valence-electron chi connectivity index (χ3n) is 3.97. The lowest BCUT2D eigenvalue weighted by Gasteiger charge is -2.35. The number of rotatable bonds is 5. The Morgan fingerprint density at radius 1 is 0.958 bits per heavy atom. The second kappa shape index (κ2) is 6.62. The molecule has 0 aliphatic carbocycles. The van der Waals surface area contributed by atoms with Gasteiger partial charge in [0.25, 0.3) is 5.69 Å². The van der Waals surface area contributed by atoms with E-state index in [9.17, 15) is 20.2 Å². The molecule has 1 fully saturated rings. The van der Waals surface area contributed by atoms with Gasteiger partial charge in [-0.1, -0.05) is 0 Å². The van der Waals surface area contributed by atoms with Crippen molar-refractivity contribution in [3.05, 3.63) is 56.9 Å². The number of nitro groups is 2. The van der Waals surface area contributed by atoms with Crippen molar-refractivity contribution in [2.45, 2.75) is 6.67 Å². The van der Waals surface area contributed by atoms with E-state index in [-0.39, 0.29) is 11.4 Å². The molecule has 0 atom stereocenters. The fourth-order valence-corrected chi connectivity index (χ4v) is 2.66. The van der Waals surface area contributed by atoms with E-state index in [0.717, 1.165) is 31.9 Å². The average molecular weight is 332 g/mol. The van der Waals surface area contributed by atoms with Gasteiger partial charge >= 0.3 is 5.69 Å². The van der Waals surface area contributed by atoms with Crippen LogP contribution in [0.2, 0.25) is 0 Å². The molecule has 0 spiro atoms. The fourth-order valence-electron chi connectivity index (χ4n) is 2.66. The summed E-state index contributed by atoms with van der Waals surface area (Å²) in [4.78, 5) is 24.8. The van der Waals surface area contributed by atoms with Crippen molar-refractivity contribution in [3.63, 3.8) is 0 Å². The average Bonchev–Trinajstić information content (AvgIpc) is 3.04. The molecule has 24 heavy (non-hydrogen) atoms. The highest BCUT2D eigenvalue weighted by molar-refractivity contribution is 5.51. The molecule has 0 saturated carbocycles. The predicted molar refractivity (Wildman–Crippen MR) is 85.8 cm³/mol. The number of hydrogen-bond acceptors (Lipinski definition) is 7. The lowest BCUT2D eigenvalue weighted by molar-refractivity contribution is -0.385. The molecular formula is C14H16N6O4. The van der Waals surface area contributed by atoms with Crippen LogP contribution in [0.3, 0.4) is 0 Å². The number of anilines is 1. The first kappa shape index (κ1) is 15.9. The van der Waals surface area contributed by atoms with Crippen LogP contribution in [0.5, 0.6) is 0 Å². The predicted octanol–water partition coefficient (Wildman–Crippen LogP) is 1.48. The second-order valence-electron chi connectivity index (χ2n) is 5.52. The van der Waals surface area contributed by atoms with Gasteiger partial charge in [-0.2, -0.15) is 5.10 Å². The highest BCUT2D eigenvalue weighted by atomic mass is 16.6. The Balaban J connectivity index is 1.55. The molecule has 10 heteroatoms. The molecule has 0 N–H and O–H groups in total. The summed E-state index contributed by atoms with van der Waals surface area (Å²) in [5.41, 5.74) is 1.02. The number of hydrogen-bond donors (Lipinski definition) is 0. The summed E-state index contributed by atoms with van der Waals surface area (Å²) in [6.45, 7) is 3.62. The summed E-state index contributed by atoms with van der Waals surface area (Å²) in [6, 6.07) is 6.52. The van der Waals surface area contributed by atoms with Crippen LogP contribution >= 0.6 is 0 Å². The van der Waals surface area contributed by atoms with E-state index in [0.29, 0.717) is 6.67 Å². The van der Waals surface area contributed by atoms with E-state index >= 15 is 0 Å². The van der Waals surface area contributed by atoms with Crippen LogP contribution in [0, 0.1) is 20.2 Å². The first-order valence-corrected chi connectivity index (χ1v) is 7.41. The molecule has 1 aliphatic heterocycles. The standard InChI is InChI=1S/C14H16N6O4/c21-19(22)13-3-1-12(2-4-13)17-7-5-16(6-8-17)11-18-10-14(9-15-18)20(23)24/h1-4,9-10H,5-8,11H2. The number of nitrogens with zero attached hydrogens (tertiary/aromatic N) is 6. The smallest absolute Gasteiger partial charge is 0.307 e. The van der Waals surface area contributed by atoms with Crippen molar-refractivity contribution < 1.29 is 9.85 Å². The number of nitro benzene ring substituents is 1. The van der Waals surface area contributed by atoms with Gasteiger partial charge in [-0.15, -0.1) is 0 Å². The molecule has 1 saturated heterocycles. The van der Waals surface area contributed by atoms with Crippen molar-refractivity contribution in [2.75, 3.05) is 31.1 Å². The van der Waals surface area contributed by atoms with Gasteiger partial charge in [0.05, 0.1) is 16.5 Å². The maximum Gasteiger partial charge on any atom is 0.307 e. The quantitative estimate of drug-likeness (QED) is 0.602. The van der Waals surface area contributed by atoms with Crippen LogP contribution in [0.4, 0.5) is 17.1 Å². The van der Waals surface area contributed by atoms with Gasteiger partial charge in [-0.3, -0.25) is 29.8 Å². The van der Waals surface area contributed by atoms with Gasteiger partial charge < -0.3 is 4.90 Å². The van der Waals surface area contributed by atoms with Crippen molar-refractivity contribution in [1.29, 1.82) is 0 Å². The molecule has 2 heterocycles. The van der Waals surface area contributed by atoms with Gasteiger partial charge in [0.2, 0.25) is 0 Å². The summed E-state index contributed by atoms with van der Waals surface area (Å²) >= 11 is 0. The molecule has 0 bridgehead atoms. The van der Waals surface area contributed by atoms with E-state index < -0.39 is 9.85 Å². The number of benzene rings is 1. The molecule has 0 amide bonds. The fraction of sp³-hybridized carbons (Fsp3) is 0.357. The van der Waals surface area contributed by atoms with E-state index in [1.54, 1.807) is 16.8 Å². The van der Waals surface area contributed by atoms with Crippen molar-refractivity contribution in [3.8, 4) is 0 Å². The van der Waals surface area contributed by atoms with Crippen LogP contribution in [0.25, 0.3) is 0 Å². The van der Waals surface area contributed by atoms with Gasteiger partial charge in [-0.25, -0.2) is 0 Å². The Kier molecular flexibility index (Phi) is 4.38. The summed E-state index contributed by atoms with van der Waals surface area (Å²) in [5, 5.41) is 25.3. The molecule has 0 radical (unpaired) electrons. The Morgan fingerprint density at radius 3 is 2.12 bits per heavy atom. The van der Waals surface area contributed by atoms with Gasteiger partial charge in [0.15, 0.2) is 0 Å². The summed E-state index contributed by atoms with van der Waals surface area (Å²) in [6.07, 6.45) is 2.66. The number of piperazine rings is 1. The topological polar surface area (TPSA) is 111 Å². The van der Waals surface area contributed by atoms with Crippen molar-refractivity contribution in [2.24, 2.45) is 0 Å². The van der Waals surface area contributed by atoms with Crippen LogP contribution in [0.15, 0.2) is 36.7 Å². The minimum Gasteiger partial charge on any atom is -0.369 e. The SMILES string of the molecule is O=[N+]([O-])c1ccc(N2CCN(Cn3cc([N+](=O)[O-])cn3)CC2)cc1. The Bertz CT molecular complexity index is 736. The largest absolute Gasteiger partial charge is 0.369 e. The lowest BCUT2D eigenvalue weighted by Crippen LogP contribution is -2.46. The van der Waals surface area contributed by atoms with Gasteiger partial charge in [0, 0.05) is 44.0 Å². The van der Waals surface area contributed by atoms with Crippen molar-refractivity contribution in [1.82, 2.24) is 14.7 Å². The first-order valence-electron chi connectivity index (χ1n) is 7.41. The Labute approximate surface area is 137 Å². The minimum atomic E-state index is -0.462.